The van der Waals surface area contributed by atoms with Gasteiger partial charge in [0.15, 0.2) is 0 Å². The number of likely N-dealkylation sites (N-methyl/N-ethyl adjacent to an activating group) is 1. The van der Waals surface area contributed by atoms with Gasteiger partial charge in [-0.25, -0.2) is 22.9 Å². The smallest absolute Gasteiger partial charge is 0.316 e. The van der Waals surface area contributed by atoms with Crippen molar-refractivity contribution < 1.29 is 8.42 Å². The molecule has 0 fully saturated rings. The Bertz CT molecular complexity index is 855. The van der Waals surface area contributed by atoms with Gasteiger partial charge < -0.3 is 5.32 Å². The number of sulfonamides is 1. The lowest BCUT2D eigenvalue weighted by atomic mass is 10.3. The molecule has 10 heteroatoms. The Hall–Kier alpha value is -2.04. The van der Waals surface area contributed by atoms with Gasteiger partial charge in [-0.05, 0) is 12.6 Å². The van der Waals surface area contributed by atoms with Crippen molar-refractivity contribution >= 4 is 21.1 Å². The summed E-state index contributed by atoms with van der Waals surface area (Å²) < 4.78 is 26.5. The van der Waals surface area contributed by atoms with E-state index in [0.29, 0.717) is 6.54 Å². The first-order valence-corrected chi connectivity index (χ1v) is 7.75. The summed E-state index contributed by atoms with van der Waals surface area (Å²) in [6, 6.07) is 1.17. The van der Waals surface area contributed by atoms with E-state index in [0.717, 1.165) is 12.7 Å². The summed E-state index contributed by atoms with van der Waals surface area (Å²) >= 11 is 0. The number of pyridine rings is 1. The predicted octanol–water partition coefficient (Wildman–Crippen LogP) is -1.50. The third kappa shape index (κ3) is 3.54. The Morgan fingerprint density at radius 2 is 2.00 bits per heavy atom. The van der Waals surface area contributed by atoms with E-state index in [1.165, 1.54) is 6.07 Å². The lowest BCUT2D eigenvalue weighted by Crippen LogP contribution is -2.32. The summed E-state index contributed by atoms with van der Waals surface area (Å²) in [5.74, 6) is 0. The zero-order valence-corrected chi connectivity index (χ0v) is 12.1. The molecule has 0 saturated heterocycles. The molecule has 4 N–H and O–H groups in total. The minimum Gasteiger partial charge on any atom is -0.316 e. The van der Waals surface area contributed by atoms with Crippen molar-refractivity contribution in [3.05, 3.63) is 33.1 Å². The number of aromatic nitrogens is 3. The van der Waals surface area contributed by atoms with Gasteiger partial charge in [-0.3, -0.25) is 14.8 Å². The lowest BCUT2D eigenvalue weighted by Gasteiger charge is -2.07. The number of aromatic amines is 2. The van der Waals surface area contributed by atoms with Crippen molar-refractivity contribution in [1.29, 1.82) is 0 Å². The van der Waals surface area contributed by atoms with Crippen LogP contribution in [-0.2, 0) is 10.0 Å². The van der Waals surface area contributed by atoms with E-state index >= 15 is 0 Å². The summed E-state index contributed by atoms with van der Waals surface area (Å²) in [5, 5.41) is 2.98. The average molecular weight is 313 g/mol. The normalized spacial score (nSPS) is 11.9. The van der Waals surface area contributed by atoms with Crippen LogP contribution in [0.15, 0.2) is 26.7 Å². The largest absolute Gasteiger partial charge is 0.327 e. The van der Waals surface area contributed by atoms with Crippen molar-refractivity contribution in [1.82, 2.24) is 25.0 Å². The quantitative estimate of drug-likeness (QED) is 0.479. The summed E-state index contributed by atoms with van der Waals surface area (Å²) in [6.07, 6.45) is 1.09. The molecule has 0 unspecified atom stereocenters. The van der Waals surface area contributed by atoms with Crippen LogP contribution in [-0.4, -0.2) is 43.0 Å². The highest BCUT2D eigenvalue weighted by molar-refractivity contribution is 7.89. The van der Waals surface area contributed by atoms with Crippen LogP contribution < -0.4 is 21.3 Å². The molecule has 0 aromatic carbocycles. The minimum absolute atomic E-state index is 0.00385. The van der Waals surface area contributed by atoms with Crippen molar-refractivity contribution in [2.24, 2.45) is 0 Å². The molecule has 0 amide bonds. The van der Waals surface area contributed by atoms with Gasteiger partial charge in [0.2, 0.25) is 10.0 Å². The zero-order chi connectivity index (χ0) is 15.5. The highest BCUT2D eigenvalue weighted by atomic mass is 32.2. The highest BCUT2D eigenvalue weighted by Gasteiger charge is 2.15. The molecule has 0 bridgehead atoms. The lowest BCUT2D eigenvalue weighted by molar-refractivity contribution is 0.577. The van der Waals surface area contributed by atoms with Gasteiger partial charge in [0.1, 0.15) is 10.5 Å². The molecule has 2 aromatic heterocycles. The zero-order valence-electron chi connectivity index (χ0n) is 11.3. The first-order chi connectivity index (χ1) is 9.94. The molecule has 0 aliphatic carbocycles. The van der Waals surface area contributed by atoms with E-state index in [2.05, 4.69) is 20.0 Å². The van der Waals surface area contributed by atoms with E-state index in [-0.39, 0.29) is 22.5 Å². The van der Waals surface area contributed by atoms with Crippen LogP contribution in [0.1, 0.15) is 6.92 Å². The van der Waals surface area contributed by atoms with Gasteiger partial charge in [-0.15, -0.1) is 0 Å². The van der Waals surface area contributed by atoms with Gasteiger partial charge in [0, 0.05) is 19.3 Å². The van der Waals surface area contributed by atoms with Crippen LogP contribution >= 0.6 is 0 Å². The number of rotatable bonds is 6. The number of hydrogen-bond acceptors (Lipinski definition) is 6. The number of H-pyrrole nitrogens is 2. The molecule has 0 atom stereocenters. The number of fused-ring (bicyclic) bond motifs is 1. The SMILES string of the molecule is CCNCCNS(=O)(=O)c1cnc2[nH]c(=O)[nH]c(=O)c2c1. The van der Waals surface area contributed by atoms with Crippen LogP contribution in [0, 0.1) is 0 Å². The molecule has 0 aliphatic rings. The van der Waals surface area contributed by atoms with Gasteiger partial charge in [0.05, 0.1) is 5.39 Å². The molecule has 0 spiro atoms. The molecule has 21 heavy (non-hydrogen) atoms. The third-order valence-corrected chi connectivity index (χ3v) is 4.15. The number of nitrogens with zero attached hydrogens (tertiary/aromatic N) is 1. The molecular formula is C11H15N5O4S. The fraction of sp³-hybridized carbons (Fsp3) is 0.364. The summed E-state index contributed by atoms with van der Waals surface area (Å²) in [6.45, 7) is 3.36. The van der Waals surface area contributed by atoms with Crippen molar-refractivity contribution in [2.75, 3.05) is 19.6 Å². The van der Waals surface area contributed by atoms with E-state index < -0.39 is 21.3 Å². The van der Waals surface area contributed by atoms with Gasteiger partial charge in [-0.2, -0.15) is 0 Å². The Morgan fingerprint density at radius 1 is 1.24 bits per heavy atom. The Morgan fingerprint density at radius 3 is 2.71 bits per heavy atom. The number of nitrogens with one attached hydrogen (secondary N) is 4. The van der Waals surface area contributed by atoms with E-state index in [1.54, 1.807) is 0 Å². The molecule has 2 heterocycles. The van der Waals surface area contributed by atoms with Gasteiger partial charge >= 0.3 is 5.69 Å². The van der Waals surface area contributed by atoms with Crippen LogP contribution in [0.2, 0.25) is 0 Å². The fourth-order valence-electron chi connectivity index (χ4n) is 1.71. The van der Waals surface area contributed by atoms with E-state index in [9.17, 15) is 18.0 Å². The molecule has 114 valence electrons. The second-order valence-corrected chi connectivity index (χ2v) is 5.99. The molecule has 0 radical (unpaired) electrons. The number of hydrogen-bond donors (Lipinski definition) is 4. The van der Waals surface area contributed by atoms with Crippen molar-refractivity contribution in [2.45, 2.75) is 11.8 Å². The van der Waals surface area contributed by atoms with Gasteiger partial charge in [-0.1, -0.05) is 6.92 Å². The van der Waals surface area contributed by atoms with Crippen LogP contribution in [0.4, 0.5) is 0 Å². The third-order valence-electron chi connectivity index (χ3n) is 2.72. The van der Waals surface area contributed by atoms with Crippen molar-refractivity contribution in [3.63, 3.8) is 0 Å². The molecular weight excluding hydrogens is 298 g/mol. The van der Waals surface area contributed by atoms with Crippen LogP contribution in [0.3, 0.4) is 0 Å². The van der Waals surface area contributed by atoms with Crippen LogP contribution in [0.5, 0.6) is 0 Å². The van der Waals surface area contributed by atoms with Crippen molar-refractivity contribution in [3.8, 4) is 0 Å². The Labute approximate surface area is 119 Å². The first-order valence-electron chi connectivity index (χ1n) is 6.27. The average Bonchev–Trinajstić information content (AvgIpc) is 2.43. The van der Waals surface area contributed by atoms with Crippen LogP contribution in [0.25, 0.3) is 11.0 Å². The summed E-state index contributed by atoms with van der Waals surface area (Å²) in [5.41, 5.74) is -1.35. The maximum atomic E-state index is 12.1. The standard InChI is InChI=1S/C11H15N5O4S/c1-2-12-3-4-14-21(19,20)7-5-8-9(13-6-7)15-11(18)16-10(8)17/h5-6,12,14H,2-4H2,1H3,(H2,13,15,16,17,18). The monoisotopic (exact) mass is 313 g/mol. The summed E-state index contributed by atoms with van der Waals surface area (Å²) in [7, 11) is -3.76. The van der Waals surface area contributed by atoms with Gasteiger partial charge in [0.25, 0.3) is 5.56 Å². The Balaban J connectivity index is 2.34. The molecule has 2 rings (SSSR count). The maximum absolute atomic E-state index is 12.1. The molecule has 0 aliphatic heterocycles. The fourth-order valence-corrected chi connectivity index (χ4v) is 2.71. The predicted molar refractivity (Wildman–Crippen MR) is 76.7 cm³/mol. The molecule has 0 saturated carbocycles. The minimum atomic E-state index is -3.76. The first kappa shape index (κ1) is 15.4. The Kier molecular flexibility index (Phi) is 4.50. The summed E-state index contributed by atoms with van der Waals surface area (Å²) in [4.78, 5) is 30.7. The van der Waals surface area contributed by atoms with E-state index in [4.69, 9.17) is 0 Å². The second kappa shape index (κ2) is 6.16. The topological polar surface area (TPSA) is 137 Å². The molecule has 2 aromatic rings. The highest BCUT2D eigenvalue weighted by Crippen LogP contribution is 2.10. The molecule has 9 nitrogen and oxygen atoms in total. The maximum Gasteiger partial charge on any atom is 0.327 e. The van der Waals surface area contributed by atoms with E-state index in [1.807, 2.05) is 11.9 Å². The second-order valence-electron chi connectivity index (χ2n) is 4.23.